The van der Waals surface area contributed by atoms with Gasteiger partial charge in [-0.05, 0) is 41.3 Å². The molecule has 0 unspecified atom stereocenters. The van der Waals surface area contributed by atoms with E-state index in [1.54, 1.807) is 11.3 Å². The molecule has 7 heteroatoms. The van der Waals surface area contributed by atoms with E-state index in [1.807, 2.05) is 36.7 Å². The van der Waals surface area contributed by atoms with Crippen LogP contribution in [0.3, 0.4) is 0 Å². The van der Waals surface area contributed by atoms with Gasteiger partial charge in [-0.1, -0.05) is 35.6 Å². The van der Waals surface area contributed by atoms with E-state index in [0.717, 1.165) is 38.8 Å². The van der Waals surface area contributed by atoms with E-state index in [1.165, 1.54) is 10.9 Å². The van der Waals surface area contributed by atoms with Gasteiger partial charge in [0.25, 0.3) is 0 Å². The van der Waals surface area contributed by atoms with Crippen LogP contribution in [0.5, 0.6) is 0 Å². The van der Waals surface area contributed by atoms with Gasteiger partial charge < -0.3 is 21.4 Å². The number of aromatic amines is 1. The number of nitrogens with zero attached hydrogens (tertiary/aromatic N) is 1. The lowest BCUT2D eigenvalue weighted by Crippen LogP contribution is -2.31. The molecule has 1 atom stereocenters. The SMILES string of the molecule is N[C@@H](CNc1ncc(-c2ccc3c(c2)CC(=O)N3)s1)Cc1c[nH]c2ccccc12. The van der Waals surface area contributed by atoms with Crippen LogP contribution >= 0.6 is 11.3 Å². The van der Waals surface area contributed by atoms with Crippen molar-refractivity contribution in [2.45, 2.75) is 18.9 Å². The fourth-order valence-corrected chi connectivity index (χ4v) is 4.56. The van der Waals surface area contributed by atoms with E-state index in [2.05, 4.69) is 38.8 Å². The molecule has 0 fully saturated rings. The highest BCUT2D eigenvalue weighted by Crippen LogP contribution is 2.33. The van der Waals surface area contributed by atoms with Gasteiger partial charge in [0.2, 0.25) is 5.91 Å². The van der Waals surface area contributed by atoms with Gasteiger partial charge in [-0.25, -0.2) is 4.98 Å². The second-order valence-electron chi connectivity index (χ2n) is 7.33. The Kier molecular flexibility index (Phi) is 4.54. The topological polar surface area (TPSA) is 95.8 Å². The van der Waals surface area contributed by atoms with Crippen molar-refractivity contribution >= 4 is 39.0 Å². The van der Waals surface area contributed by atoms with Crippen LogP contribution in [-0.2, 0) is 17.6 Å². The lowest BCUT2D eigenvalue weighted by Gasteiger charge is -2.11. The third kappa shape index (κ3) is 3.62. The molecular formula is C22H21N5OS. The maximum Gasteiger partial charge on any atom is 0.228 e. The molecule has 2 aromatic carbocycles. The Labute approximate surface area is 172 Å². The Morgan fingerprint density at radius 3 is 3.07 bits per heavy atom. The van der Waals surface area contributed by atoms with Crippen LogP contribution in [0.15, 0.2) is 54.9 Å². The Morgan fingerprint density at radius 1 is 1.24 bits per heavy atom. The van der Waals surface area contributed by atoms with Crippen LogP contribution in [0, 0.1) is 0 Å². The lowest BCUT2D eigenvalue weighted by molar-refractivity contribution is -0.115. The van der Waals surface area contributed by atoms with Crippen molar-refractivity contribution in [3.8, 4) is 10.4 Å². The number of aromatic nitrogens is 2. The summed E-state index contributed by atoms with van der Waals surface area (Å²) in [5.74, 6) is 0.0491. The number of nitrogens with two attached hydrogens (primary N) is 1. The summed E-state index contributed by atoms with van der Waals surface area (Å²) in [7, 11) is 0. The Balaban J connectivity index is 1.23. The number of anilines is 2. The molecule has 6 nitrogen and oxygen atoms in total. The fourth-order valence-electron chi connectivity index (χ4n) is 3.75. The zero-order valence-corrected chi connectivity index (χ0v) is 16.6. The van der Waals surface area contributed by atoms with Crippen LogP contribution in [0.25, 0.3) is 21.3 Å². The summed E-state index contributed by atoms with van der Waals surface area (Å²) < 4.78 is 0. The first-order valence-corrected chi connectivity index (χ1v) is 10.4. The number of benzene rings is 2. The monoisotopic (exact) mass is 403 g/mol. The highest BCUT2D eigenvalue weighted by Gasteiger charge is 2.18. The Bertz CT molecular complexity index is 1190. The predicted molar refractivity (Wildman–Crippen MR) is 118 cm³/mol. The number of fused-ring (bicyclic) bond motifs is 2. The molecule has 0 radical (unpaired) electrons. The zero-order chi connectivity index (χ0) is 19.8. The number of nitrogens with one attached hydrogen (secondary N) is 3. The standard InChI is InChI=1S/C22H21N5OS/c23-16(8-15-10-24-19-4-2-1-3-17(15)19)11-25-22-26-12-20(29-22)13-5-6-18-14(7-13)9-21(28)27-18/h1-7,10,12,16,24H,8-9,11,23H2,(H,25,26)(H,27,28)/t16-/m1/s1. The summed E-state index contributed by atoms with van der Waals surface area (Å²) in [6, 6.07) is 14.3. The van der Waals surface area contributed by atoms with E-state index in [0.29, 0.717) is 13.0 Å². The minimum atomic E-state index is -0.0152. The molecule has 0 spiro atoms. The highest BCUT2D eigenvalue weighted by molar-refractivity contribution is 7.18. The van der Waals surface area contributed by atoms with Gasteiger partial charge in [0.15, 0.2) is 5.13 Å². The van der Waals surface area contributed by atoms with Crippen LogP contribution < -0.4 is 16.4 Å². The summed E-state index contributed by atoms with van der Waals surface area (Å²) in [5, 5.41) is 8.30. The van der Waals surface area contributed by atoms with Crippen molar-refractivity contribution in [1.82, 2.24) is 9.97 Å². The molecule has 0 aliphatic carbocycles. The molecule has 1 aliphatic heterocycles. The van der Waals surface area contributed by atoms with Crippen LogP contribution in [0.1, 0.15) is 11.1 Å². The average Bonchev–Trinajstić information content (AvgIpc) is 3.44. The smallest absolute Gasteiger partial charge is 0.228 e. The summed E-state index contributed by atoms with van der Waals surface area (Å²) in [4.78, 5) is 20.4. The first kappa shape index (κ1) is 17.9. The van der Waals surface area contributed by atoms with Gasteiger partial charge in [-0.2, -0.15) is 0 Å². The fraction of sp³-hybridized carbons (Fsp3) is 0.182. The molecule has 5 N–H and O–H groups in total. The second-order valence-corrected chi connectivity index (χ2v) is 8.36. The number of thiazole rings is 1. The molecule has 1 aliphatic rings. The third-order valence-corrected chi connectivity index (χ3v) is 6.20. The number of amides is 1. The average molecular weight is 404 g/mol. The quantitative estimate of drug-likeness (QED) is 0.394. The van der Waals surface area contributed by atoms with Gasteiger partial charge >= 0.3 is 0 Å². The highest BCUT2D eigenvalue weighted by atomic mass is 32.1. The Hall–Kier alpha value is -3.16. The van der Waals surface area contributed by atoms with E-state index < -0.39 is 0 Å². The Morgan fingerprint density at radius 2 is 2.14 bits per heavy atom. The number of carbonyl (C=O) groups is 1. The molecule has 29 heavy (non-hydrogen) atoms. The molecule has 3 heterocycles. The lowest BCUT2D eigenvalue weighted by atomic mass is 10.1. The third-order valence-electron chi connectivity index (χ3n) is 5.19. The molecule has 4 aromatic rings. The first-order chi connectivity index (χ1) is 14.2. The molecule has 146 valence electrons. The van der Waals surface area contributed by atoms with Crippen molar-refractivity contribution in [2.24, 2.45) is 5.73 Å². The molecular weight excluding hydrogens is 382 g/mol. The number of para-hydroxylation sites is 1. The molecule has 0 bridgehead atoms. The van der Waals surface area contributed by atoms with E-state index in [4.69, 9.17) is 5.73 Å². The van der Waals surface area contributed by atoms with Crippen molar-refractivity contribution in [3.63, 3.8) is 0 Å². The number of hydrogen-bond acceptors (Lipinski definition) is 5. The normalized spacial score (nSPS) is 14.0. The van der Waals surface area contributed by atoms with Gasteiger partial charge in [-0.15, -0.1) is 0 Å². The van der Waals surface area contributed by atoms with Crippen LogP contribution in [0.4, 0.5) is 10.8 Å². The molecule has 0 saturated carbocycles. The number of H-pyrrole nitrogens is 1. The largest absolute Gasteiger partial charge is 0.361 e. The minimum Gasteiger partial charge on any atom is -0.361 e. The summed E-state index contributed by atoms with van der Waals surface area (Å²) in [6.45, 7) is 0.648. The van der Waals surface area contributed by atoms with Crippen molar-refractivity contribution in [3.05, 3.63) is 66.0 Å². The maximum atomic E-state index is 11.5. The number of carbonyl (C=O) groups excluding carboxylic acids is 1. The summed E-state index contributed by atoms with van der Waals surface area (Å²) in [6.07, 6.45) is 5.14. The van der Waals surface area contributed by atoms with Gasteiger partial charge in [0.05, 0.1) is 11.3 Å². The van der Waals surface area contributed by atoms with Crippen molar-refractivity contribution in [1.29, 1.82) is 0 Å². The predicted octanol–water partition coefficient (Wildman–Crippen LogP) is 3.77. The molecule has 0 saturated heterocycles. The summed E-state index contributed by atoms with van der Waals surface area (Å²) >= 11 is 1.60. The van der Waals surface area contributed by atoms with Gasteiger partial charge in [0.1, 0.15) is 0 Å². The van der Waals surface area contributed by atoms with Crippen LogP contribution in [0.2, 0.25) is 0 Å². The van der Waals surface area contributed by atoms with Gasteiger partial charge in [0, 0.05) is 41.6 Å². The molecule has 1 amide bonds. The van der Waals surface area contributed by atoms with Crippen molar-refractivity contribution in [2.75, 3.05) is 17.2 Å². The van der Waals surface area contributed by atoms with Crippen molar-refractivity contribution < 1.29 is 4.79 Å². The van der Waals surface area contributed by atoms with Gasteiger partial charge in [-0.3, -0.25) is 4.79 Å². The second kappa shape index (κ2) is 7.35. The minimum absolute atomic E-state index is 0.0152. The zero-order valence-electron chi connectivity index (χ0n) is 15.7. The first-order valence-electron chi connectivity index (χ1n) is 9.59. The summed E-state index contributed by atoms with van der Waals surface area (Å²) in [5.41, 5.74) is 11.8. The number of hydrogen-bond donors (Lipinski definition) is 4. The van der Waals surface area contributed by atoms with Crippen LogP contribution in [-0.4, -0.2) is 28.5 Å². The maximum absolute atomic E-state index is 11.5. The molecule has 2 aromatic heterocycles. The van der Waals surface area contributed by atoms with E-state index in [9.17, 15) is 4.79 Å². The number of rotatable bonds is 6. The van der Waals surface area contributed by atoms with E-state index in [-0.39, 0.29) is 11.9 Å². The van der Waals surface area contributed by atoms with E-state index >= 15 is 0 Å². The molecule has 5 rings (SSSR count).